The lowest BCUT2D eigenvalue weighted by Gasteiger charge is -2.03. The van der Waals surface area contributed by atoms with Crippen molar-refractivity contribution in [2.75, 3.05) is 12.4 Å². The summed E-state index contributed by atoms with van der Waals surface area (Å²) in [6.45, 7) is 0.970. The number of carbonyl (C=O) groups is 1. The topological polar surface area (TPSA) is 77.2 Å². The van der Waals surface area contributed by atoms with Crippen LogP contribution in [0.4, 0.5) is 0 Å². The van der Waals surface area contributed by atoms with Crippen LogP contribution < -0.4 is 5.32 Å². The average Bonchev–Trinajstić information content (AvgIpc) is 3.23. The zero-order chi connectivity index (χ0) is 16.1. The minimum Gasteiger partial charge on any atom is -0.368 e. The van der Waals surface area contributed by atoms with E-state index < -0.39 is 0 Å². The van der Waals surface area contributed by atoms with Crippen molar-refractivity contribution in [1.82, 2.24) is 15.5 Å². The highest BCUT2D eigenvalue weighted by molar-refractivity contribution is 8.00. The predicted molar refractivity (Wildman–Crippen MR) is 86.2 cm³/mol. The van der Waals surface area contributed by atoms with Crippen molar-refractivity contribution in [2.24, 2.45) is 0 Å². The van der Waals surface area contributed by atoms with Gasteiger partial charge in [0, 0.05) is 16.5 Å². The van der Waals surface area contributed by atoms with Gasteiger partial charge in [-0.15, -0.1) is 11.8 Å². The van der Waals surface area contributed by atoms with Gasteiger partial charge in [-0.3, -0.25) is 4.79 Å². The first-order chi connectivity index (χ1) is 11.2. The summed E-state index contributed by atoms with van der Waals surface area (Å²) in [5, 5.41) is 7.31. The molecule has 0 bridgehead atoms. The van der Waals surface area contributed by atoms with E-state index in [0.29, 0.717) is 22.5 Å². The lowest BCUT2D eigenvalue weighted by Crippen LogP contribution is -2.25. The Morgan fingerprint density at radius 2 is 2.22 bits per heavy atom. The number of hydrogen-bond acceptors (Lipinski definition) is 6. The van der Waals surface area contributed by atoms with Crippen molar-refractivity contribution in [1.29, 1.82) is 0 Å². The van der Waals surface area contributed by atoms with Gasteiger partial charge in [0.2, 0.25) is 5.91 Å². The Hall–Kier alpha value is -1.57. The molecule has 1 aromatic heterocycles. The zero-order valence-corrected chi connectivity index (χ0v) is 13.9. The van der Waals surface area contributed by atoms with Crippen LogP contribution in [0.2, 0.25) is 5.02 Å². The molecule has 0 saturated carbocycles. The largest absolute Gasteiger partial charge is 0.368 e. The molecule has 1 aromatic carbocycles. The van der Waals surface area contributed by atoms with Crippen molar-refractivity contribution >= 4 is 29.3 Å². The molecule has 1 fully saturated rings. The molecule has 1 N–H and O–H groups in total. The Morgan fingerprint density at radius 3 is 2.96 bits per heavy atom. The molecular weight excluding hydrogens is 338 g/mol. The quantitative estimate of drug-likeness (QED) is 0.804. The molecule has 1 aliphatic rings. The molecule has 2 aromatic rings. The Kier molecular flexibility index (Phi) is 5.53. The van der Waals surface area contributed by atoms with Crippen molar-refractivity contribution < 1.29 is 14.1 Å². The fourth-order valence-electron chi connectivity index (χ4n) is 2.15. The third kappa shape index (κ3) is 4.70. The molecule has 0 unspecified atom stereocenters. The number of rotatable bonds is 6. The molecule has 3 rings (SSSR count). The molecular formula is C15H16ClN3O3S. The smallest absolute Gasteiger partial charge is 0.255 e. The minimum atomic E-state index is -0.104. The van der Waals surface area contributed by atoms with Gasteiger partial charge in [0.05, 0.1) is 12.3 Å². The number of benzene rings is 1. The van der Waals surface area contributed by atoms with Crippen LogP contribution in [0, 0.1) is 0 Å². The SMILES string of the molecule is O=C(CSc1ccc(Cl)cc1)NCc1noc([C@@H]2CCCO2)n1. The fraction of sp³-hybridized carbons (Fsp3) is 0.400. The van der Waals surface area contributed by atoms with Gasteiger partial charge in [0.15, 0.2) is 5.82 Å². The van der Waals surface area contributed by atoms with Crippen LogP contribution in [0.1, 0.15) is 30.7 Å². The van der Waals surface area contributed by atoms with Crippen LogP contribution in [0.3, 0.4) is 0 Å². The van der Waals surface area contributed by atoms with E-state index >= 15 is 0 Å². The highest BCUT2D eigenvalue weighted by Crippen LogP contribution is 2.26. The summed E-state index contributed by atoms with van der Waals surface area (Å²) >= 11 is 7.26. The van der Waals surface area contributed by atoms with Crippen molar-refractivity contribution in [2.45, 2.75) is 30.4 Å². The average molecular weight is 354 g/mol. The number of carbonyl (C=O) groups excluding carboxylic acids is 1. The molecule has 0 spiro atoms. The predicted octanol–water partition coefficient (Wildman–Crippen LogP) is 2.98. The van der Waals surface area contributed by atoms with Gasteiger partial charge in [0.1, 0.15) is 6.10 Å². The normalized spacial score (nSPS) is 17.3. The third-order valence-corrected chi connectivity index (χ3v) is 4.58. The van der Waals surface area contributed by atoms with E-state index in [1.165, 1.54) is 11.8 Å². The lowest BCUT2D eigenvalue weighted by molar-refractivity contribution is -0.118. The minimum absolute atomic E-state index is 0.0894. The molecule has 1 saturated heterocycles. The first kappa shape index (κ1) is 16.3. The summed E-state index contributed by atoms with van der Waals surface area (Å²) in [5.41, 5.74) is 0. The summed E-state index contributed by atoms with van der Waals surface area (Å²) in [4.78, 5) is 17.1. The van der Waals surface area contributed by atoms with Crippen LogP contribution in [-0.4, -0.2) is 28.4 Å². The monoisotopic (exact) mass is 353 g/mol. The number of thioether (sulfide) groups is 1. The lowest BCUT2D eigenvalue weighted by atomic mass is 10.2. The Bertz CT molecular complexity index is 656. The molecule has 1 aliphatic heterocycles. The van der Waals surface area contributed by atoms with Crippen LogP contribution in [-0.2, 0) is 16.1 Å². The summed E-state index contributed by atoms with van der Waals surface area (Å²) in [7, 11) is 0. The summed E-state index contributed by atoms with van der Waals surface area (Å²) in [6.07, 6.45) is 1.79. The van der Waals surface area contributed by atoms with Crippen LogP contribution in [0.15, 0.2) is 33.7 Å². The second-order valence-electron chi connectivity index (χ2n) is 5.07. The van der Waals surface area contributed by atoms with E-state index in [1.807, 2.05) is 12.1 Å². The molecule has 1 amide bonds. The molecule has 2 heterocycles. The molecule has 0 aliphatic carbocycles. The van der Waals surface area contributed by atoms with E-state index in [-0.39, 0.29) is 18.6 Å². The van der Waals surface area contributed by atoms with Gasteiger partial charge in [-0.1, -0.05) is 16.8 Å². The van der Waals surface area contributed by atoms with Gasteiger partial charge in [-0.2, -0.15) is 4.98 Å². The van der Waals surface area contributed by atoms with Crippen LogP contribution in [0.25, 0.3) is 0 Å². The van der Waals surface area contributed by atoms with Crippen LogP contribution in [0.5, 0.6) is 0 Å². The molecule has 8 heteroatoms. The van der Waals surface area contributed by atoms with E-state index in [0.717, 1.165) is 24.3 Å². The number of nitrogens with one attached hydrogen (secondary N) is 1. The summed E-state index contributed by atoms with van der Waals surface area (Å²) < 4.78 is 10.6. The number of nitrogens with zero attached hydrogens (tertiary/aromatic N) is 2. The van der Waals surface area contributed by atoms with Crippen LogP contribution >= 0.6 is 23.4 Å². The number of amides is 1. The van der Waals surface area contributed by atoms with Gasteiger partial charge < -0.3 is 14.6 Å². The first-order valence-electron chi connectivity index (χ1n) is 7.30. The zero-order valence-electron chi connectivity index (χ0n) is 12.3. The maximum absolute atomic E-state index is 11.9. The van der Waals surface area contributed by atoms with E-state index in [1.54, 1.807) is 12.1 Å². The third-order valence-electron chi connectivity index (χ3n) is 3.32. The molecule has 23 heavy (non-hydrogen) atoms. The van der Waals surface area contributed by atoms with Gasteiger partial charge in [-0.25, -0.2) is 0 Å². The number of halogens is 1. The Morgan fingerprint density at radius 1 is 1.39 bits per heavy atom. The highest BCUT2D eigenvalue weighted by Gasteiger charge is 2.23. The number of hydrogen-bond donors (Lipinski definition) is 1. The standard InChI is InChI=1S/C15H16ClN3O3S/c16-10-3-5-11(6-4-10)23-9-14(20)17-8-13-18-15(22-19-13)12-2-1-7-21-12/h3-6,12H,1-2,7-9H2,(H,17,20)/t12-/m0/s1. The van der Waals surface area contributed by atoms with E-state index in [2.05, 4.69) is 15.5 Å². The van der Waals surface area contributed by atoms with Gasteiger partial charge in [-0.05, 0) is 37.1 Å². The fourth-order valence-corrected chi connectivity index (χ4v) is 3.01. The summed E-state index contributed by atoms with van der Waals surface area (Å²) in [6, 6.07) is 7.36. The first-order valence-corrected chi connectivity index (χ1v) is 8.66. The van der Waals surface area contributed by atoms with Gasteiger partial charge >= 0.3 is 0 Å². The molecule has 6 nitrogen and oxygen atoms in total. The second-order valence-corrected chi connectivity index (χ2v) is 6.56. The van der Waals surface area contributed by atoms with Gasteiger partial charge in [0.25, 0.3) is 5.89 Å². The number of ether oxygens (including phenoxy) is 1. The Labute approximate surface area is 142 Å². The van der Waals surface area contributed by atoms with E-state index in [9.17, 15) is 4.79 Å². The maximum Gasteiger partial charge on any atom is 0.255 e. The van der Waals surface area contributed by atoms with Crippen molar-refractivity contribution in [3.05, 3.63) is 41.0 Å². The summed E-state index contributed by atoms with van der Waals surface area (Å²) in [5.74, 6) is 1.17. The van der Waals surface area contributed by atoms with E-state index in [4.69, 9.17) is 20.9 Å². The second kappa shape index (κ2) is 7.81. The molecule has 0 radical (unpaired) electrons. The van der Waals surface area contributed by atoms with Crippen molar-refractivity contribution in [3.8, 4) is 0 Å². The molecule has 1 atom stereocenters. The number of aromatic nitrogens is 2. The Balaban J connectivity index is 1.42. The maximum atomic E-state index is 11.9. The highest BCUT2D eigenvalue weighted by atomic mass is 35.5. The van der Waals surface area contributed by atoms with Crippen molar-refractivity contribution in [3.63, 3.8) is 0 Å². The molecule has 122 valence electrons.